The van der Waals surface area contributed by atoms with Crippen LogP contribution in [0.1, 0.15) is 85.8 Å². The first kappa shape index (κ1) is 30.3. The van der Waals surface area contributed by atoms with E-state index >= 15 is 0 Å². The van der Waals surface area contributed by atoms with Gasteiger partial charge in [-0.3, -0.25) is 9.69 Å². The van der Waals surface area contributed by atoms with Crippen molar-refractivity contribution in [3.63, 3.8) is 0 Å². The lowest BCUT2D eigenvalue weighted by molar-refractivity contribution is 0.0521. The number of aryl methyl sites for hydroxylation is 2. The van der Waals surface area contributed by atoms with Crippen molar-refractivity contribution in [2.24, 2.45) is 0 Å². The van der Waals surface area contributed by atoms with Crippen LogP contribution in [0.4, 0.5) is 4.79 Å². The summed E-state index contributed by atoms with van der Waals surface area (Å²) in [5.74, 6) is 0.735. The number of hydrogen-bond acceptors (Lipinski definition) is 6. The standard InChI is InChI=1S/C33H44N4O4/c1-9-34-31(38)29-28(30(41-36-29)27-18-26(20(2)3)21(4)16-22(27)5)24-10-11-25-19-37(14-12-23(25)17-24)15-13-35-32(39)40-33(6,7)8/h10-11,16-18,20H,9,12-15,19H2,1-8H3,(H,34,38)(H,35,39). The van der Waals surface area contributed by atoms with Crippen molar-refractivity contribution in [3.05, 3.63) is 63.8 Å². The predicted molar refractivity (Wildman–Crippen MR) is 162 cm³/mol. The van der Waals surface area contributed by atoms with E-state index in [4.69, 9.17) is 9.26 Å². The zero-order valence-corrected chi connectivity index (χ0v) is 25.7. The largest absolute Gasteiger partial charge is 0.444 e. The van der Waals surface area contributed by atoms with Crippen LogP contribution in [0.15, 0.2) is 34.9 Å². The van der Waals surface area contributed by atoms with Gasteiger partial charge in [-0.05, 0) is 93.3 Å². The molecule has 1 aromatic heterocycles. The Morgan fingerprint density at radius 2 is 1.83 bits per heavy atom. The molecule has 8 nitrogen and oxygen atoms in total. The molecule has 0 bridgehead atoms. The number of hydrogen-bond donors (Lipinski definition) is 2. The van der Waals surface area contributed by atoms with E-state index in [9.17, 15) is 9.59 Å². The zero-order chi connectivity index (χ0) is 29.9. The van der Waals surface area contributed by atoms with Gasteiger partial charge in [-0.1, -0.05) is 43.3 Å². The van der Waals surface area contributed by atoms with E-state index in [2.05, 4.69) is 78.7 Å². The topological polar surface area (TPSA) is 96.7 Å². The number of ether oxygens (including phenoxy) is 1. The molecule has 2 N–H and O–H groups in total. The summed E-state index contributed by atoms with van der Waals surface area (Å²) in [6.45, 7) is 19.5. The minimum absolute atomic E-state index is 0.243. The first-order chi connectivity index (χ1) is 19.4. The van der Waals surface area contributed by atoms with Crippen LogP contribution in [0.25, 0.3) is 22.5 Å². The lowest BCUT2D eigenvalue weighted by atomic mass is 9.88. The summed E-state index contributed by atoms with van der Waals surface area (Å²) >= 11 is 0. The first-order valence-electron chi connectivity index (χ1n) is 14.6. The van der Waals surface area contributed by atoms with E-state index in [1.165, 1.54) is 22.3 Å². The number of nitrogens with one attached hydrogen (secondary N) is 2. The van der Waals surface area contributed by atoms with E-state index in [1.807, 2.05) is 27.7 Å². The zero-order valence-electron chi connectivity index (χ0n) is 25.7. The van der Waals surface area contributed by atoms with Gasteiger partial charge in [0.15, 0.2) is 11.5 Å². The normalized spacial score (nSPS) is 13.7. The number of aromatic nitrogens is 1. The van der Waals surface area contributed by atoms with E-state index in [0.29, 0.717) is 30.5 Å². The lowest BCUT2D eigenvalue weighted by Gasteiger charge is -2.29. The quantitative estimate of drug-likeness (QED) is 0.332. The molecule has 1 aliphatic rings. The minimum Gasteiger partial charge on any atom is -0.444 e. The highest BCUT2D eigenvalue weighted by Gasteiger charge is 2.27. The molecule has 2 heterocycles. The number of carbonyl (C=O) groups excluding carboxylic acids is 2. The minimum atomic E-state index is -0.512. The Bertz CT molecular complexity index is 1420. The Morgan fingerprint density at radius 3 is 2.51 bits per heavy atom. The van der Waals surface area contributed by atoms with Gasteiger partial charge in [-0.2, -0.15) is 0 Å². The molecule has 0 radical (unpaired) electrons. The Hall–Kier alpha value is -3.65. The predicted octanol–water partition coefficient (Wildman–Crippen LogP) is 6.38. The van der Waals surface area contributed by atoms with Gasteiger partial charge in [-0.15, -0.1) is 0 Å². The van der Waals surface area contributed by atoms with Crippen LogP contribution in [0.3, 0.4) is 0 Å². The highest BCUT2D eigenvalue weighted by atomic mass is 16.6. The molecule has 2 amide bonds. The Kier molecular flexibility index (Phi) is 9.22. The molecule has 1 aliphatic heterocycles. The molecule has 2 aromatic carbocycles. The van der Waals surface area contributed by atoms with E-state index in [0.717, 1.165) is 48.3 Å². The molecule has 0 spiro atoms. The molecular formula is C33H44N4O4. The number of carbonyl (C=O) groups is 2. The molecule has 0 saturated heterocycles. The van der Waals surface area contributed by atoms with Gasteiger partial charge in [0.05, 0.1) is 5.56 Å². The van der Waals surface area contributed by atoms with Crippen molar-refractivity contribution < 1.29 is 18.8 Å². The summed E-state index contributed by atoms with van der Waals surface area (Å²) in [7, 11) is 0. The first-order valence-corrected chi connectivity index (χ1v) is 14.6. The van der Waals surface area contributed by atoms with Crippen molar-refractivity contribution >= 4 is 12.0 Å². The average molecular weight is 561 g/mol. The third-order valence-corrected chi connectivity index (χ3v) is 7.41. The average Bonchev–Trinajstić information content (AvgIpc) is 3.32. The second-order valence-corrected chi connectivity index (χ2v) is 12.2. The van der Waals surface area contributed by atoms with Crippen molar-refractivity contribution in [2.45, 2.75) is 79.9 Å². The number of fused-ring (bicyclic) bond motifs is 1. The maximum absolute atomic E-state index is 13.1. The van der Waals surface area contributed by atoms with Crippen LogP contribution in [-0.2, 0) is 17.7 Å². The highest BCUT2D eigenvalue weighted by Crippen LogP contribution is 2.39. The Balaban J connectivity index is 1.61. The van der Waals surface area contributed by atoms with E-state index in [-0.39, 0.29) is 5.91 Å². The van der Waals surface area contributed by atoms with Gasteiger partial charge < -0.3 is 19.9 Å². The summed E-state index contributed by atoms with van der Waals surface area (Å²) in [4.78, 5) is 27.4. The van der Waals surface area contributed by atoms with Crippen LogP contribution in [0.2, 0.25) is 0 Å². The number of nitrogens with zero attached hydrogens (tertiary/aromatic N) is 2. The second-order valence-electron chi connectivity index (χ2n) is 12.2. The summed E-state index contributed by atoms with van der Waals surface area (Å²) in [6, 6.07) is 10.7. The third-order valence-electron chi connectivity index (χ3n) is 7.41. The summed E-state index contributed by atoms with van der Waals surface area (Å²) in [5, 5.41) is 10.0. The molecule has 0 fully saturated rings. The summed E-state index contributed by atoms with van der Waals surface area (Å²) in [5.41, 5.74) is 8.46. The molecule has 0 aliphatic carbocycles. The Labute approximate surface area is 243 Å². The molecule has 0 unspecified atom stereocenters. The van der Waals surface area contributed by atoms with Crippen LogP contribution in [0.5, 0.6) is 0 Å². The molecule has 8 heteroatoms. The van der Waals surface area contributed by atoms with E-state index < -0.39 is 11.7 Å². The van der Waals surface area contributed by atoms with Gasteiger partial charge in [-0.25, -0.2) is 4.79 Å². The van der Waals surface area contributed by atoms with Crippen LogP contribution < -0.4 is 10.6 Å². The van der Waals surface area contributed by atoms with Crippen molar-refractivity contribution in [1.82, 2.24) is 20.7 Å². The summed E-state index contributed by atoms with van der Waals surface area (Å²) in [6.07, 6.45) is 0.477. The van der Waals surface area contributed by atoms with Gasteiger partial charge in [0.2, 0.25) is 0 Å². The van der Waals surface area contributed by atoms with Crippen molar-refractivity contribution in [2.75, 3.05) is 26.2 Å². The molecule has 0 saturated carbocycles. The van der Waals surface area contributed by atoms with Crippen LogP contribution in [-0.4, -0.2) is 53.8 Å². The Morgan fingerprint density at radius 1 is 1.07 bits per heavy atom. The molecule has 220 valence electrons. The molecule has 0 atom stereocenters. The van der Waals surface area contributed by atoms with Gasteiger partial charge in [0.25, 0.3) is 5.91 Å². The smallest absolute Gasteiger partial charge is 0.407 e. The number of benzene rings is 2. The molecule has 4 rings (SSSR count). The van der Waals surface area contributed by atoms with Crippen molar-refractivity contribution in [1.29, 1.82) is 0 Å². The second kappa shape index (κ2) is 12.5. The van der Waals surface area contributed by atoms with Crippen LogP contribution >= 0.6 is 0 Å². The monoisotopic (exact) mass is 560 g/mol. The van der Waals surface area contributed by atoms with Gasteiger partial charge in [0, 0.05) is 38.3 Å². The van der Waals surface area contributed by atoms with Crippen LogP contribution in [0, 0.1) is 13.8 Å². The molecule has 3 aromatic rings. The highest BCUT2D eigenvalue weighted by molar-refractivity contribution is 6.02. The van der Waals surface area contributed by atoms with Crippen molar-refractivity contribution in [3.8, 4) is 22.5 Å². The number of alkyl carbamates (subject to hydrolysis) is 1. The van der Waals surface area contributed by atoms with Gasteiger partial charge in [0.1, 0.15) is 5.60 Å². The lowest BCUT2D eigenvalue weighted by Crippen LogP contribution is -2.39. The maximum atomic E-state index is 13.1. The van der Waals surface area contributed by atoms with E-state index in [1.54, 1.807) is 0 Å². The number of amides is 2. The fraction of sp³-hybridized carbons (Fsp3) is 0.485. The fourth-order valence-corrected chi connectivity index (χ4v) is 5.46. The molecular weight excluding hydrogens is 516 g/mol. The SMILES string of the molecule is CCNC(=O)c1noc(-c2cc(C(C)C)c(C)cc2C)c1-c1ccc2c(c1)CCN(CCNC(=O)OC(C)(C)C)C2. The summed E-state index contributed by atoms with van der Waals surface area (Å²) < 4.78 is 11.3. The fourth-order valence-electron chi connectivity index (χ4n) is 5.46. The number of rotatable bonds is 8. The van der Waals surface area contributed by atoms with Gasteiger partial charge >= 0.3 is 6.09 Å². The third kappa shape index (κ3) is 7.17. The maximum Gasteiger partial charge on any atom is 0.407 e. The molecule has 41 heavy (non-hydrogen) atoms.